The van der Waals surface area contributed by atoms with Gasteiger partial charge in [0.25, 0.3) is 6.01 Å². The van der Waals surface area contributed by atoms with Gasteiger partial charge in [-0.25, -0.2) is 4.79 Å². The number of hydrogen-bond donors (Lipinski definition) is 1. The zero-order valence-electron chi connectivity index (χ0n) is 12.4. The Morgan fingerprint density at radius 3 is 2.95 bits per heavy atom. The molecule has 0 saturated carbocycles. The lowest BCUT2D eigenvalue weighted by Crippen LogP contribution is -2.22. The first kappa shape index (κ1) is 14.9. The maximum absolute atomic E-state index is 11.6. The second-order valence-corrected chi connectivity index (χ2v) is 4.69. The number of nitrogens with zero attached hydrogens (tertiary/aromatic N) is 2. The Morgan fingerprint density at radius 1 is 1.52 bits per heavy atom. The van der Waals surface area contributed by atoms with Crippen LogP contribution in [0.2, 0.25) is 0 Å². The molecule has 6 nitrogen and oxygen atoms in total. The minimum Gasteiger partial charge on any atom is -0.461 e. The zero-order chi connectivity index (χ0) is 15.4. The van der Waals surface area contributed by atoms with Crippen molar-refractivity contribution in [1.82, 2.24) is 4.98 Å². The maximum Gasteiger partial charge on any atom is 0.360 e. The molecule has 1 atom stereocenters. The first-order chi connectivity index (χ1) is 10.0. The molecule has 2 rings (SSSR count). The van der Waals surface area contributed by atoms with Gasteiger partial charge in [0.05, 0.1) is 12.6 Å². The van der Waals surface area contributed by atoms with Crippen molar-refractivity contribution in [3.8, 4) is 0 Å². The fourth-order valence-electron chi connectivity index (χ4n) is 1.93. The number of aromatic nitrogens is 1. The van der Waals surface area contributed by atoms with Crippen molar-refractivity contribution in [2.24, 2.45) is 0 Å². The lowest BCUT2D eigenvalue weighted by atomic mass is 10.1. The molecule has 0 bridgehead atoms. The maximum atomic E-state index is 11.6. The lowest BCUT2D eigenvalue weighted by molar-refractivity contribution is 0.0519. The average Bonchev–Trinajstić information content (AvgIpc) is 2.96. The van der Waals surface area contributed by atoms with E-state index < -0.39 is 5.97 Å². The van der Waals surface area contributed by atoms with Crippen LogP contribution in [0.25, 0.3) is 0 Å². The molecule has 2 N–H and O–H groups in total. The zero-order valence-corrected chi connectivity index (χ0v) is 12.4. The molecular formula is C15H19N3O3. The summed E-state index contributed by atoms with van der Waals surface area (Å²) in [6.07, 6.45) is 1.30. The minimum atomic E-state index is -0.488. The molecule has 0 saturated heterocycles. The third kappa shape index (κ3) is 3.34. The van der Waals surface area contributed by atoms with Gasteiger partial charge < -0.3 is 19.8 Å². The number of rotatable bonds is 5. The van der Waals surface area contributed by atoms with E-state index in [1.165, 1.54) is 6.26 Å². The topological polar surface area (TPSA) is 81.6 Å². The van der Waals surface area contributed by atoms with Crippen LogP contribution in [0.15, 0.2) is 34.9 Å². The number of carbonyl (C=O) groups is 1. The molecule has 2 aromatic rings. The SMILES string of the molecule is CCOC(=O)c1coc(N(C)C(C)c2cccc(N)c2)n1. The van der Waals surface area contributed by atoms with Gasteiger partial charge in [0, 0.05) is 12.7 Å². The van der Waals surface area contributed by atoms with Crippen LogP contribution < -0.4 is 10.6 Å². The minimum absolute atomic E-state index is 0.00203. The standard InChI is InChI=1S/C15H19N3O3/c1-4-20-14(19)13-9-21-15(17-13)18(3)10(2)11-6-5-7-12(16)8-11/h5-10H,4,16H2,1-3H3. The van der Waals surface area contributed by atoms with Gasteiger partial charge in [0.15, 0.2) is 5.69 Å². The lowest BCUT2D eigenvalue weighted by Gasteiger charge is -2.23. The second kappa shape index (κ2) is 6.30. The van der Waals surface area contributed by atoms with Crippen molar-refractivity contribution in [2.45, 2.75) is 19.9 Å². The molecular weight excluding hydrogens is 270 g/mol. The normalized spacial score (nSPS) is 12.0. The third-order valence-electron chi connectivity index (χ3n) is 3.25. The summed E-state index contributed by atoms with van der Waals surface area (Å²) in [5.41, 5.74) is 7.70. The number of esters is 1. The smallest absolute Gasteiger partial charge is 0.360 e. The van der Waals surface area contributed by atoms with Crippen molar-refractivity contribution in [3.63, 3.8) is 0 Å². The Kier molecular flexibility index (Phi) is 4.47. The predicted molar refractivity (Wildman–Crippen MR) is 80.1 cm³/mol. The van der Waals surface area contributed by atoms with Gasteiger partial charge in [-0.1, -0.05) is 12.1 Å². The molecule has 1 aromatic heterocycles. The molecule has 21 heavy (non-hydrogen) atoms. The molecule has 0 radical (unpaired) electrons. The summed E-state index contributed by atoms with van der Waals surface area (Å²) < 4.78 is 10.2. The van der Waals surface area contributed by atoms with Crippen molar-refractivity contribution < 1.29 is 13.9 Å². The summed E-state index contributed by atoms with van der Waals surface area (Å²) in [5, 5.41) is 0. The molecule has 0 aliphatic carbocycles. The van der Waals surface area contributed by atoms with Gasteiger partial charge in [0.2, 0.25) is 0 Å². The summed E-state index contributed by atoms with van der Waals surface area (Å²) in [5.74, 6) is -0.488. The molecule has 1 heterocycles. The van der Waals surface area contributed by atoms with E-state index >= 15 is 0 Å². The number of nitrogens with two attached hydrogens (primary N) is 1. The van der Waals surface area contributed by atoms with Crippen molar-refractivity contribution >= 4 is 17.7 Å². The molecule has 112 valence electrons. The number of oxazole rings is 1. The summed E-state index contributed by atoms with van der Waals surface area (Å²) in [6, 6.07) is 7.97. The summed E-state index contributed by atoms with van der Waals surface area (Å²) in [7, 11) is 1.84. The van der Waals surface area contributed by atoms with E-state index in [0.29, 0.717) is 18.3 Å². The Balaban J connectivity index is 2.16. The number of nitrogen functional groups attached to an aromatic ring is 1. The Labute approximate surface area is 123 Å². The van der Waals surface area contributed by atoms with Crippen LogP contribution in [-0.2, 0) is 4.74 Å². The quantitative estimate of drug-likeness (QED) is 0.673. The molecule has 6 heteroatoms. The number of benzene rings is 1. The van der Waals surface area contributed by atoms with Gasteiger partial charge in [-0.3, -0.25) is 0 Å². The third-order valence-corrected chi connectivity index (χ3v) is 3.25. The Bertz CT molecular complexity index is 624. The van der Waals surface area contributed by atoms with E-state index in [2.05, 4.69) is 4.98 Å². The largest absolute Gasteiger partial charge is 0.461 e. The van der Waals surface area contributed by atoms with Crippen LogP contribution >= 0.6 is 0 Å². The highest BCUT2D eigenvalue weighted by Gasteiger charge is 2.20. The fourth-order valence-corrected chi connectivity index (χ4v) is 1.93. The van der Waals surface area contributed by atoms with Crippen LogP contribution in [0, 0.1) is 0 Å². The van der Waals surface area contributed by atoms with Gasteiger partial charge in [-0.2, -0.15) is 4.98 Å². The van der Waals surface area contributed by atoms with Gasteiger partial charge in [0.1, 0.15) is 6.26 Å². The number of anilines is 2. The summed E-state index contributed by atoms with van der Waals surface area (Å²) >= 11 is 0. The van der Waals surface area contributed by atoms with Crippen molar-refractivity contribution in [2.75, 3.05) is 24.3 Å². The Morgan fingerprint density at radius 2 is 2.29 bits per heavy atom. The second-order valence-electron chi connectivity index (χ2n) is 4.69. The van der Waals surface area contributed by atoms with E-state index in [0.717, 1.165) is 5.56 Å². The van der Waals surface area contributed by atoms with E-state index in [1.807, 2.05) is 43.1 Å². The first-order valence-corrected chi connectivity index (χ1v) is 6.73. The number of ether oxygens (including phenoxy) is 1. The summed E-state index contributed by atoms with van der Waals surface area (Å²) in [4.78, 5) is 17.6. The first-order valence-electron chi connectivity index (χ1n) is 6.73. The van der Waals surface area contributed by atoms with E-state index in [4.69, 9.17) is 14.9 Å². The van der Waals surface area contributed by atoms with Crippen LogP contribution in [0.3, 0.4) is 0 Å². The van der Waals surface area contributed by atoms with Gasteiger partial charge in [-0.15, -0.1) is 0 Å². The predicted octanol–water partition coefficient (Wildman–Crippen LogP) is 2.63. The van der Waals surface area contributed by atoms with Crippen molar-refractivity contribution in [1.29, 1.82) is 0 Å². The van der Waals surface area contributed by atoms with Crippen LogP contribution in [-0.4, -0.2) is 24.6 Å². The highest BCUT2D eigenvalue weighted by molar-refractivity contribution is 5.87. The average molecular weight is 289 g/mol. The highest BCUT2D eigenvalue weighted by Crippen LogP contribution is 2.25. The van der Waals surface area contributed by atoms with Crippen LogP contribution in [0.5, 0.6) is 0 Å². The molecule has 1 unspecified atom stereocenters. The van der Waals surface area contributed by atoms with Crippen LogP contribution in [0.4, 0.5) is 11.7 Å². The molecule has 0 aliphatic heterocycles. The van der Waals surface area contributed by atoms with Crippen molar-refractivity contribution in [3.05, 3.63) is 41.8 Å². The van der Waals surface area contributed by atoms with E-state index in [1.54, 1.807) is 6.92 Å². The molecule has 1 aromatic carbocycles. The number of hydrogen-bond acceptors (Lipinski definition) is 6. The Hall–Kier alpha value is -2.50. The number of carbonyl (C=O) groups excluding carboxylic acids is 1. The summed E-state index contributed by atoms with van der Waals surface area (Å²) in [6.45, 7) is 4.05. The molecule has 0 spiro atoms. The van der Waals surface area contributed by atoms with E-state index in [-0.39, 0.29) is 11.7 Å². The fraction of sp³-hybridized carbons (Fsp3) is 0.333. The van der Waals surface area contributed by atoms with Crippen LogP contribution in [0.1, 0.15) is 35.9 Å². The molecule has 0 fully saturated rings. The molecule has 0 aliphatic rings. The van der Waals surface area contributed by atoms with Gasteiger partial charge in [-0.05, 0) is 31.5 Å². The highest BCUT2D eigenvalue weighted by atomic mass is 16.5. The monoisotopic (exact) mass is 289 g/mol. The van der Waals surface area contributed by atoms with Gasteiger partial charge >= 0.3 is 5.97 Å². The van der Waals surface area contributed by atoms with E-state index in [9.17, 15) is 4.79 Å². The molecule has 0 amide bonds.